The van der Waals surface area contributed by atoms with Crippen LogP contribution in [-0.4, -0.2) is 18.6 Å². The first kappa shape index (κ1) is 9.30. The van der Waals surface area contributed by atoms with Crippen LogP contribution in [0, 0.1) is 0 Å². The molecule has 0 saturated carbocycles. The first-order valence-corrected chi connectivity index (χ1v) is 3.41. The van der Waals surface area contributed by atoms with E-state index in [1.54, 1.807) is 7.11 Å². The third kappa shape index (κ3) is 2.73. The third-order valence-corrected chi connectivity index (χ3v) is 1.26. The first-order valence-electron chi connectivity index (χ1n) is 2.78. The quantitative estimate of drug-likeness (QED) is 0.374. The zero-order chi connectivity index (χ0) is 7.98. The molecule has 0 rings (SSSR count). The number of methoxy groups -OCH3 is 1. The SMILES string of the molecule is C=CN=C(CS)C(=C)OC. The van der Waals surface area contributed by atoms with E-state index in [0.29, 0.717) is 17.2 Å². The maximum absolute atomic E-state index is 4.83. The molecule has 0 aliphatic rings. The van der Waals surface area contributed by atoms with Gasteiger partial charge in [0.15, 0.2) is 0 Å². The normalized spacial score (nSPS) is 10.8. The number of ether oxygens (including phenoxy) is 1. The zero-order valence-corrected chi connectivity index (χ0v) is 6.90. The van der Waals surface area contributed by atoms with Gasteiger partial charge in [-0.2, -0.15) is 12.6 Å². The van der Waals surface area contributed by atoms with E-state index < -0.39 is 0 Å². The third-order valence-electron chi connectivity index (χ3n) is 0.965. The summed E-state index contributed by atoms with van der Waals surface area (Å²) in [7, 11) is 1.55. The van der Waals surface area contributed by atoms with Gasteiger partial charge in [-0.3, -0.25) is 4.99 Å². The second-order valence-electron chi connectivity index (χ2n) is 1.54. The van der Waals surface area contributed by atoms with Crippen LogP contribution in [0.4, 0.5) is 0 Å². The van der Waals surface area contributed by atoms with E-state index in [1.165, 1.54) is 6.20 Å². The van der Waals surface area contributed by atoms with Crippen molar-refractivity contribution in [2.24, 2.45) is 4.99 Å². The van der Waals surface area contributed by atoms with Gasteiger partial charge in [0.25, 0.3) is 0 Å². The van der Waals surface area contributed by atoms with Crippen molar-refractivity contribution in [3.63, 3.8) is 0 Å². The Bertz CT molecular complexity index is 163. The predicted octanol–water partition coefficient (Wildman–Crippen LogP) is 1.66. The Labute approximate surface area is 66.7 Å². The van der Waals surface area contributed by atoms with Crippen LogP contribution in [0.25, 0.3) is 0 Å². The lowest BCUT2D eigenvalue weighted by atomic mass is 10.4. The average Bonchev–Trinajstić information content (AvgIpc) is 1.99. The van der Waals surface area contributed by atoms with Gasteiger partial charge in [-0.15, -0.1) is 0 Å². The van der Waals surface area contributed by atoms with Crippen LogP contribution in [0.2, 0.25) is 0 Å². The zero-order valence-electron chi connectivity index (χ0n) is 6.00. The largest absolute Gasteiger partial charge is 0.495 e. The maximum Gasteiger partial charge on any atom is 0.133 e. The van der Waals surface area contributed by atoms with Crippen LogP contribution >= 0.6 is 12.6 Å². The van der Waals surface area contributed by atoms with Gasteiger partial charge in [0.05, 0.1) is 12.8 Å². The van der Waals surface area contributed by atoms with E-state index >= 15 is 0 Å². The molecule has 0 aromatic heterocycles. The van der Waals surface area contributed by atoms with Crippen molar-refractivity contribution in [1.29, 1.82) is 0 Å². The molecule has 56 valence electrons. The van der Waals surface area contributed by atoms with Gasteiger partial charge in [-0.25, -0.2) is 0 Å². The summed E-state index contributed by atoms with van der Waals surface area (Å²) < 4.78 is 4.83. The lowest BCUT2D eigenvalue weighted by Crippen LogP contribution is -2.04. The van der Waals surface area contributed by atoms with Gasteiger partial charge in [0, 0.05) is 12.0 Å². The van der Waals surface area contributed by atoms with E-state index in [0.717, 1.165) is 0 Å². The van der Waals surface area contributed by atoms with Crippen LogP contribution in [0.3, 0.4) is 0 Å². The smallest absolute Gasteiger partial charge is 0.133 e. The molecule has 0 N–H and O–H groups in total. The second kappa shape index (κ2) is 5.11. The fourth-order valence-electron chi connectivity index (χ4n) is 0.429. The summed E-state index contributed by atoms with van der Waals surface area (Å²) in [5, 5.41) is 0. The van der Waals surface area contributed by atoms with E-state index in [9.17, 15) is 0 Å². The molecule has 0 aliphatic heterocycles. The van der Waals surface area contributed by atoms with Crippen molar-refractivity contribution in [3.05, 3.63) is 25.1 Å². The fraction of sp³-hybridized carbons (Fsp3) is 0.286. The summed E-state index contributed by atoms with van der Waals surface area (Å²) in [5.41, 5.74) is 0.709. The summed E-state index contributed by atoms with van der Waals surface area (Å²) in [4.78, 5) is 3.89. The lowest BCUT2D eigenvalue weighted by molar-refractivity contribution is 0.316. The molecule has 0 aliphatic carbocycles. The van der Waals surface area contributed by atoms with Gasteiger partial charge in [-0.05, 0) is 0 Å². The van der Waals surface area contributed by atoms with Crippen molar-refractivity contribution >= 4 is 18.3 Å². The Morgan fingerprint density at radius 2 is 2.40 bits per heavy atom. The minimum Gasteiger partial charge on any atom is -0.495 e. The molecule has 0 atom stereocenters. The molecule has 0 radical (unpaired) electrons. The topological polar surface area (TPSA) is 21.6 Å². The summed E-state index contributed by atoms with van der Waals surface area (Å²) in [6.45, 7) is 7.06. The minimum atomic E-state index is 0.513. The minimum absolute atomic E-state index is 0.513. The van der Waals surface area contributed by atoms with Crippen molar-refractivity contribution < 1.29 is 4.74 Å². The molecule has 0 spiro atoms. The van der Waals surface area contributed by atoms with Gasteiger partial charge in [-0.1, -0.05) is 13.2 Å². The first-order chi connectivity index (χ1) is 4.76. The molecular formula is C7H11NOS. The Morgan fingerprint density at radius 1 is 1.80 bits per heavy atom. The van der Waals surface area contributed by atoms with E-state index in [-0.39, 0.29) is 0 Å². The Morgan fingerprint density at radius 3 is 2.70 bits per heavy atom. The predicted molar refractivity (Wildman–Crippen MR) is 47.6 cm³/mol. The highest BCUT2D eigenvalue weighted by atomic mass is 32.1. The van der Waals surface area contributed by atoms with Crippen LogP contribution in [0.1, 0.15) is 0 Å². The van der Waals surface area contributed by atoms with Crippen molar-refractivity contribution in [1.82, 2.24) is 0 Å². The Balaban J connectivity index is 4.19. The summed E-state index contributed by atoms with van der Waals surface area (Å²) in [6.07, 6.45) is 1.44. The molecule has 0 aromatic carbocycles. The lowest BCUT2D eigenvalue weighted by Gasteiger charge is -2.02. The van der Waals surface area contributed by atoms with Crippen molar-refractivity contribution in [3.8, 4) is 0 Å². The molecule has 0 bridgehead atoms. The molecule has 10 heavy (non-hydrogen) atoms. The monoisotopic (exact) mass is 157 g/mol. The number of hydrogen-bond acceptors (Lipinski definition) is 3. The molecule has 0 unspecified atom stereocenters. The van der Waals surface area contributed by atoms with Crippen molar-refractivity contribution in [2.45, 2.75) is 0 Å². The fourth-order valence-corrected chi connectivity index (χ4v) is 0.687. The molecule has 0 heterocycles. The number of allylic oxidation sites excluding steroid dienone is 1. The Kier molecular flexibility index (Phi) is 4.76. The Hall–Kier alpha value is -0.700. The molecular weight excluding hydrogens is 146 g/mol. The number of rotatable bonds is 4. The summed E-state index contributed by atoms with van der Waals surface area (Å²) >= 11 is 4.02. The van der Waals surface area contributed by atoms with Crippen LogP contribution < -0.4 is 0 Å². The molecule has 3 heteroatoms. The van der Waals surface area contributed by atoms with Gasteiger partial charge in [0.2, 0.25) is 0 Å². The number of hydrogen-bond donors (Lipinski definition) is 1. The van der Waals surface area contributed by atoms with Gasteiger partial charge in [0.1, 0.15) is 5.76 Å². The summed E-state index contributed by atoms with van der Waals surface area (Å²) in [6, 6.07) is 0. The van der Waals surface area contributed by atoms with Crippen LogP contribution in [0.5, 0.6) is 0 Å². The van der Waals surface area contributed by atoms with E-state index in [4.69, 9.17) is 4.74 Å². The maximum atomic E-state index is 4.83. The number of thiol groups is 1. The average molecular weight is 157 g/mol. The molecule has 2 nitrogen and oxygen atoms in total. The highest BCUT2D eigenvalue weighted by molar-refractivity contribution is 7.81. The van der Waals surface area contributed by atoms with E-state index in [1.807, 2.05) is 0 Å². The van der Waals surface area contributed by atoms with Gasteiger partial charge < -0.3 is 4.74 Å². The highest BCUT2D eigenvalue weighted by Gasteiger charge is 1.99. The summed E-state index contributed by atoms with van der Waals surface area (Å²) in [5.74, 6) is 1.05. The van der Waals surface area contributed by atoms with Gasteiger partial charge >= 0.3 is 0 Å². The van der Waals surface area contributed by atoms with E-state index in [2.05, 4.69) is 30.8 Å². The second-order valence-corrected chi connectivity index (χ2v) is 1.86. The molecule has 0 aromatic rings. The molecule has 0 fully saturated rings. The highest BCUT2D eigenvalue weighted by Crippen LogP contribution is 1.98. The van der Waals surface area contributed by atoms with Crippen LogP contribution in [-0.2, 0) is 4.74 Å². The van der Waals surface area contributed by atoms with Crippen LogP contribution in [0.15, 0.2) is 30.1 Å². The number of nitrogens with zero attached hydrogens (tertiary/aromatic N) is 1. The standard InChI is InChI=1S/C7H11NOS/c1-4-8-7(5-10)6(2)9-3/h4,10H,1-2,5H2,3H3. The molecule has 0 saturated heterocycles. The number of aliphatic imine (C=N–C) groups is 1. The van der Waals surface area contributed by atoms with Crippen molar-refractivity contribution in [2.75, 3.05) is 12.9 Å². The molecule has 0 amide bonds.